The molecule has 3 nitrogen and oxygen atoms in total. The van der Waals surface area contributed by atoms with Gasteiger partial charge in [-0.05, 0) is 56.3 Å². The molecule has 1 N–H and O–H groups in total. The van der Waals surface area contributed by atoms with Crippen molar-refractivity contribution < 1.29 is 14.6 Å². The van der Waals surface area contributed by atoms with Gasteiger partial charge in [-0.15, -0.1) is 0 Å². The van der Waals surface area contributed by atoms with E-state index in [1.165, 1.54) is 12.8 Å². The van der Waals surface area contributed by atoms with Crippen molar-refractivity contribution in [2.24, 2.45) is 23.7 Å². The minimum Gasteiger partial charge on any atom is -0.459 e. The Balaban J connectivity index is 1.77. The SMILES string of the molecule is C=C(C)C(=O)O[C@@H]1CC2C(O)CCC3CCCC1C32. The molecule has 0 aromatic carbocycles. The number of aliphatic hydroxyl groups excluding tert-OH is 1. The van der Waals surface area contributed by atoms with Gasteiger partial charge in [-0.25, -0.2) is 4.79 Å². The van der Waals surface area contributed by atoms with Crippen LogP contribution < -0.4 is 0 Å². The van der Waals surface area contributed by atoms with Crippen LogP contribution in [0.25, 0.3) is 0 Å². The van der Waals surface area contributed by atoms with Gasteiger partial charge in [0, 0.05) is 5.57 Å². The first-order valence-corrected chi connectivity index (χ1v) is 7.62. The van der Waals surface area contributed by atoms with E-state index in [4.69, 9.17) is 4.74 Å². The Morgan fingerprint density at radius 3 is 2.74 bits per heavy atom. The summed E-state index contributed by atoms with van der Waals surface area (Å²) >= 11 is 0. The van der Waals surface area contributed by atoms with Crippen molar-refractivity contribution >= 4 is 5.97 Å². The standard InChI is InChI=1S/C16H24O3/c1-9(2)16(18)19-14-8-12-13(17)7-6-10-4-3-5-11(14)15(10)12/h10-15,17H,1,3-8H2,2H3/t10?,11?,12?,13?,14-,15?/m1/s1. The second kappa shape index (κ2) is 4.93. The first kappa shape index (κ1) is 13.2. The summed E-state index contributed by atoms with van der Waals surface area (Å²) in [7, 11) is 0. The Labute approximate surface area is 115 Å². The number of ether oxygens (including phenoxy) is 1. The molecular weight excluding hydrogens is 240 g/mol. The first-order chi connectivity index (χ1) is 9.08. The lowest BCUT2D eigenvalue weighted by Crippen LogP contribution is -2.40. The van der Waals surface area contributed by atoms with E-state index >= 15 is 0 Å². The Morgan fingerprint density at radius 2 is 2.00 bits per heavy atom. The third kappa shape index (κ3) is 2.22. The Kier molecular flexibility index (Phi) is 3.42. The average Bonchev–Trinajstić information content (AvgIpc) is 2.75. The Bertz CT molecular complexity index is 389. The van der Waals surface area contributed by atoms with E-state index in [1.54, 1.807) is 6.92 Å². The number of carbonyl (C=O) groups excluding carboxylic acids is 1. The maximum absolute atomic E-state index is 11.8. The zero-order valence-corrected chi connectivity index (χ0v) is 11.7. The third-order valence-electron chi connectivity index (χ3n) is 5.56. The molecule has 0 saturated heterocycles. The molecule has 0 bridgehead atoms. The average molecular weight is 264 g/mol. The molecule has 0 spiro atoms. The van der Waals surface area contributed by atoms with Gasteiger partial charge in [0.25, 0.3) is 0 Å². The highest BCUT2D eigenvalue weighted by Gasteiger charge is 2.53. The highest BCUT2D eigenvalue weighted by molar-refractivity contribution is 5.87. The van der Waals surface area contributed by atoms with Crippen molar-refractivity contribution in [3.05, 3.63) is 12.2 Å². The maximum atomic E-state index is 11.8. The van der Waals surface area contributed by atoms with Gasteiger partial charge in [-0.3, -0.25) is 0 Å². The fourth-order valence-electron chi connectivity index (χ4n) is 4.77. The molecule has 3 aliphatic carbocycles. The van der Waals surface area contributed by atoms with Crippen LogP contribution in [0.15, 0.2) is 12.2 Å². The van der Waals surface area contributed by atoms with Crippen molar-refractivity contribution in [3.8, 4) is 0 Å². The van der Waals surface area contributed by atoms with Crippen LogP contribution in [0.4, 0.5) is 0 Å². The van der Waals surface area contributed by atoms with Gasteiger partial charge in [0.15, 0.2) is 0 Å². The molecule has 5 unspecified atom stereocenters. The van der Waals surface area contributed by atoms with Crippen LogP contribution in [0, 0.1) is 23.7 Å². The fourth-order valence-corrected chi connectivity index (χ4v) is 4.77. The highest BCUT2D eigenvalue weighted by Crippen LogP contribution is 2.55. The summed E-state index contributed by atoms with van der Waals surface area (Å²) in [6, 6.07) is 0. The van der Waals surface area contributed by atoms with Crippen LogP contribution in [0.2, 0.25) is 0 Å². The third-order valence-corrected chi connectivity index (χ3v) is 5.56. The Hall–Kier alpha value is -0.830. The van der Waals surface area contributed by atoms with Crippen molar-refractivity contribution in [1.29, 1.82) is 0 Å². The molecule has 3 rings (SSSR count). The molecule has 3 heteroatoms. The van der Waals surface area contributed by atoms with Crippen LogP contribution >= 0.6 is 0 Å². The topological polar surface area (TPSA) is 46.5 Å². The van der Waals surface area contributed by atoms with E-state index < -0.39 is 0 Å². The molecule has 3 aliphatic rings. The lowest BCUT2D eigenvalue weighted by molar-refractivity contribution is -0.147. The van der Waals surface area contributed by atoms with Gasteiger partial charge in [-0.2, -0.15) is 0 Å². The number of esters is 1. The highest BCUT2D eigenvalue weighted by atomic mass is 16.5. The summed E-state index contributed by atoms with van der Waals surface area (Å²) in [6.45, 7) is 5.36. The maximum Gasteiger partial charge on any atom is 0.333 e. The van der Waals surface area contributed by atoms with Gasteiger partial charge >= 0.3 is 5.97 Å². The summed E-state index contributed by atoms with van der Waals surface area (Å²) in [5, 5.41) is 10.2. The number of aliphatic hydroxyl groups is 1. The van der Waals surface area contributed by atoms with E-state index in [-0.39, 0.29) is 18.2 Å². The van der Waals surface area contributed by atoms with Crippen LogP contribution in [0.1, 0.15) is 45.4 Å². The molecule has 3 saturated carbocycles. The molecular formula is C16H24O3. The summed E-state index contributed by atoms with van der Waals surface area (Å²) in [5.41, 5.74) is 0.475. The molecule has 0 heterocycles. The summed E-state index contributed by atoms with van der Waals surface area (Å²) in [6.07, 6.45) is 6.45. The normalized spacial score (nSPS) is 44.5. The van der Waals surface area contributed by atoms with Gasteiger partial charge in [0.05, 0.1) is 6.10 Å². The van der Waals surface area contributed by atoms with Crippen LogP contribution in [0.5, 0.6) is 0 Å². The Morgan fingerprint density at radius 1 is 1.21 bits per heavy atom. The van der Waals surface area contributed by atoms with Crippen LogP contribution in [0.3, 0.4) is 0 Å². The zero-order valence-electron chi connectivity index (χ0n) is 11.7. The monoisotopic (exact) mass is 264 g/mol. The molecule has 19 heavy (non-hydrogen) atoms. The smallest absolute Gasteiger partial charge is 0.333 e. The minimum atomic E-state index is -0.264. The van der Waals surface area contributed by atoms with E-state index in [2.05, 4.69) is 6.58 Å². The number of hydrogen-bond donors (Lipinski definition) is 1. The van der Waals surface area contributed by atoms with Crippen molar-refractivity contribution in [1.82, 2.24) is 0 Å². The molecule has 0 aromatic rings. The molecule has 0 radical (unpaired) electrons. The van der Waals surface area contributed by atoms with Gasteiger partial charge in [-0.1, -0.05) is 19.4 Å². The fraction of sp³-hybridized carbons (Fsp3) is 0.812. The molecule has 3 fully saturated rings. The van der Waals surface area contributed by atoms with Crippen LogP contribution in [-0.4, -0.2) is 23.3 Å². The van der Waals surface area contributed by atoms with Gasteiger partial charge in [0.2, 0.25) is 0 Å². The van der Waals surface area contributed by atoms with Crippen LogP contribution in [-0.2, 0) is 9.53 Å². The molecule has 0 aliphatic heterocycles. The van der Waals surface area contributed by atoms with Crippen molar-refractivity contribution in [2.45, 2.75) is 57.7 Å². The second-order valence-corrected chi connectivity index (χ2v) is 6.70. The van der Waals surface area contributed by atoms with Gasteiger partial charge in [0.1, 0.15) is 6.10 Å². The summed E-state index contributed by atoms with van der Waals surface area (Å²) < 4.78 is 5.65. The lowest BCUT2D eigenvalue weighted by atomic mass is 9.64. The summed E-state index contributed by atoms with van der Waals surface area (Å²) in [4.78, 5) is 11.8. The van der Waals surface area contributed by atoms with E-state index in [9.17, 15) is 9.90 Å². The predicted octanol–water partition coefficient (Wildman–Crippen LogP) is 2.68. The molecule has 0 aromatic heterocycles. The first-order valence-electron chi connectivity index (χ1n) is 7.62. The largest absolute Gasteiger partial charge is 0.459 e. The number of carbonyl (C=O) groups is 1. The predicted molar refractivity (Wildman–Crippen MR) is 72.4 cm³/mol. The zero-order chi connectivity index (χ0) is 13.6. The number of hydrogen-bond acceptors (Lipinski definition) is 3. The van der Waals surface area contributed by atoms with E-state index in [0.29, 0.717) is 23.3 Å². The summed E-state index contributed by atoms with van der Waals surface area (Å²) in [5.74, 6) is 1.90. The van der Waals surface area contributed by atoms with E-state index in [0.717, 1.165) is 31.6 Å². The van der Waals surface area contributed by atoms with E-state index in [1.807, 2.05) is 0 Å². The molecule has 6 atom stereocenters. The van der Waals surface area contributed by atoms with Crippen molar-refractivity contribution in [2.75, 3.05) is 0 Å². The lowest BCUT2D eigenvalue weighted by Gasteiger charge is -2.43. The molecule has 0 amide bonds. The van der Waals surface area contributed by atoms with Crippen molar-refractivity contribution in [3.63, 3.8) is 0 Å². The van der Waals surface area contributed by atoms with Gasteiger partial charge < -0.3 is 9.84 Å². The second-order valence-electron chi connectivity index (χ2n) is 6.70. The quantitative estimate of drug-likeness (QED) is 0.616. The number of rotatable bonds is 2. The minimum absolute atomic E-state index is 0.00903. The molecule has 106 valence electrons.